The normalized spacial score (nSPS) is 25.4. The van der Waals surface area contributed by atoms with Crippen molar-refractivity contribution in [3.63, 3.8) is 0 Å². The van der Waals surface area contributed by atoms with Gasteiger partial charge in [-0.25, -0.2) is 0 Å². The summed E-state index contributed by atoms with van der Waals surface area (Å²) in [6.45, 7) is 21.0. The summed E-state index contributed by atoms with van der Waals surface area (Å²) in [4.78, 5) is 0. The Hall–Kier alpha value is -1.04. The zero-order chi connectivity index (χ0) is 23.5. The van der Waals surface area contributed by atoms with Crippen LogP contribution in [0.3, 0.4) is 0 Å². The van der Waals surface area contributed by atoms with E-state index in [4.69, 9.17) is 0 Å². The molecule has 4 aliphatic carbocycles. The molecule has 0 heteroatoms. The Morgan fingerprint density at radius 1 is 0.594 bits per heavy atom. The molecule has 4 aliphatic rings. The fraction of sp³-hybridized carbons (Fsp3) is 0.438. The van der Waals surface area contributed by atoms with Crippen molar-refractivity contribution in [2.24, 2.45) is 16.2 Å². The van der Waals surface area contributed by atoms with Crippen molar-refractivity contribution < 1.29 is 0 Å². The standard InChI is InChI=1S/C32H40/c1-30(2,3)22-18-16-21(20-22)17-19-25-28-23(12-10-14-26(28)31(4,5)6)24-13-11-15-27(29(24)25)32(7,8)9/h10-16,18,20H,17,19H2,1-9H3. The van der Waals surface area contributed by atoms with Crippen LogP contribution in [0.15, 0.2) is 47.6 Å². The van der Waals surface area contributed by atoms with Crippen molar-refractivity contribution in [3.8, 4) is 0 Å². The van der Waals surface area contributed by atoms with E-state index >= 15 is 0 Å². The molecule has 4 rings (SSSR count). The Bertz CT molecular complexity index is 758. The predicted molar refractivity (Wildman–Crippen MR) is 138 cm³/mol. The molecule has 0 heterocycles. The van der Waals surface area contributed by atoms with Crippen LogP contribution in [0, 0.1) is 76.9 Å². The van der Waals surface area contributed by atoms with E-state index in [0.717, 1.165) is 12.8 Å². The van der Waals surface area contributed by atoms with Gasteiger partial charge in [0.25, 0.3) is 0 Å². The largest absolute Gasteiger partial charge is 0.0755 e. The molecule has 0 aliphatic heterocycles. The van der Waals surface area contributed by atoms with Crippen LogP contribution < -0.4 is 0 Å². The highest BCUT2D eigenvalue weighted by Gasteiger charge is 2.56. The first kappa shape index (κ1) is 24.1. The summed E-state index contributed by atoms with van der Waals surface area (Å²) in [6.07, 6.45) is 23.1. The predicted octanol–water partition coefficient (Wildman–Crippen LogP) is 8.56. The maximum Gasteiger partial charge on any atom is 0.0212 e. The topological polar surface area (TPSA) is 0 Å². The molecule has 0 atom stereocenters. The van der Waals surface area contributed by atoms with Crippen molar-refractivity contribution in [2.45, 2.75) is 75.2 Å². The molecule has 10 radical (unpaired) electrons. The zero-order valence-corrected chi connectivity index (χ0v) is 21.6. The maximum atomic E-state index is 2.42. The lowest BCUT2D eigenvalue weighted by atomic mass is 9.66. The van der Waals surface area contributed by atoms with E-state index in [1.807, 2.05) is 0 Å². The Morgan fingerprint density at radius 2 is 1.09 bits per heavy atom. The molecule has 0 nitrogen and oxygen atoms in total. The number of hydrogen-bond donors (Lipinski definition) is 0. The van der Waals surface area contributed by atoms with Crippen LogP contribution >= 0.6 is 0 Å². The molecule has 0 amide bonds. The molecule has 0 saturated heterocycles. The Balaban J connectivity index is 1.62. The second kappa shape index (κ2) is 8.32. The van der Waals surface area contributed by atoms with Crippen molar-refractivity contribution in [2.75, 3.05) is 0 Å². The molecule has 0 N–H and O–H groups in total. The third-order valence-corrected chi connectivity index (χ3v) is 6.99. The molecule has 0 spiro atoms. The van der Waals surface area contributed by atoms with Crippen molar-refractivity contribution >= 4 is 0 Å². The van der Waals surface area contributed by atoms with Crippen LogP contribution in [0.25, 0.3) is 0 Å². The van der Waals surface area contributed by atoms with Gasteiger partial charge in [0.05, 0.1) is 0 Å². The van der Waals surface area contributed by atoms with Gasteiger partial charge in [-0.15, -0.1) is 0 Å². The zero-order valence-electron chi connectivity index (χ0n) is 21.6. The number of fused-ring (bicyclic) bond motifs is 3. The van der Waals surface area contributed by atoms with Crippen LogP contribution in [-0.4, -0.2) is 0 Å². The summed E-state index contributed by atoms with van der Waals surface area (Å²) in [5, 5.41) is 0. The third-order valence-electron chi connectivity index (χ3n) is 6.99. The third kappa shape index (κ3) is 4.50. The summed E-state index contributed by atoms with van der Waals surface area (Å²) in [6, 6.07) is 0. The fourth-order valence-corrected chi connectivity index (χ4v) is 5.21. The minimum absolute atomic E-state index is 0.111. The minimum Gasteiger partial charge on any atom is -0.0755 e. The van der Waals surface area contributed by atoms with Crippen LogP contribution in [0.5, 0.6) is 0 Å². The average molecular weight is 425 g/mol. The van der Waals surface area contributed by atoms with Gasteiger partial charge in [-0.1, -0.05) is 110 Å². The first-order valence-corrected chi connectivity index (χ1v) is 12.2. The molecular weight excluding hydrogens is 384 g/mol. The average Bonchev–Trinajstić information content (AvgIpc) is 3.27. The summed E-state index contributed by atoms with van der Waals surface area (Å²) in [5.41, 5.74) is 3.37. The molecule has 0 unspecified atom stereocenters. The van der Waals surface area contributed by atoms with Crippen molar-refractivity contribution in [1.82, 2.24) is 0 Å². The monoisotopic (exact) mass is 424 g/mol. The Morgan fingerprint density at radius 3 is 1.50 bits per heavy atom. The Kier molecular flexibility index (Phi) is 6.26. The SMILES string of the molecule is CC(C)(C)[C]1[CH][CH][C](CC[C]2[C]3[C](C=CC=C3C(C)(C)C)[C]3C=CC=C(C(C)(C)C)[C]32)[CH]1. The van der Waals surface area contributed by atoms with E-state index in [1.165, 1.54) is 46.7 Å². The molecule has 32 heavy (non-hydrogen) atoms. The van der Waals surface area contributed by atoms with E-state index in [9.17, 15) is 0 Å². The second-order valence-electron chi connectivity index (χ2n) is 12.7. The highest BCUT2D eigenvalue weighted by molar-refractivity contribution is 5.81. The summed E-state index contributed by atoms with van der Waals surface area (Å²) >= 11 is 0. The van der Waals surface area contributed by atoms with Gasteiger partial charge in [0.15, 0.2) is 0 Å². The molecule has 0 aromatic rings. The summed E-state index contributed by atoms with van der Waals surface area (Å²) in [5.74, 6) is 10.3. The van der Waals surface area contributed by atoms with Crippen LogP contribution in [0.1, 0.15) is 75.2 Å². The summed E-state index contributed by atoms with van der Waals surface area (Å²) in [7, 11) is 0. The number of allylic oxidation sites excluding steroid dienone is 8. The van der Waals surface area contributed by atoms with Crippen molar-refractivity contribution in [1.29, 1.82) is 0 Å². The number of rotatable bonds is 3. The molecule has 0 aromatic heterocycles. The molecule has 2 saturated carbocycles. The highest BCUT2D eigenvalue weighted by Crippen LogP contribution is 2.66. The van der Waals surface area contributed by atoms with E-state index < -0.39 is 0 Å². The highest BCUT2D eigenvalue weighted by atomic mass is 14.6. The van der Waals surface area contributed by atoms with Gasteiger partial charge in [0.1, 0.15) is 0 Å². The van der Waals surface area contributed by atoms with Gasteiger partial charge in [0.2, 0.25) is 0 Å². The quantitative estimate of drug-likeness (QED) is 0.425. The lowest BCUT2D eigenvalue weighted by Crippen LogP contribution is -2.26. The van der Waals surface area contributed by atoms with Gasteiger partial charge in [-0.2, -0.15) is 0 Å². The van der Waals surface area contributed by atoms with E-state index in [0.29, 0.717) is 0 Å². The Labute approximate surface area is 199 Å². The van der Waals surface area contributed by atoms with Gasteiger partial charge >= 0.3 is 0 Å². The van der Waals surface area contributed by atoms with E-state index in [-0.39, 0.29) is 16.2 Å². The first-order valence-electron chi connectivity index (χ1n) is 12.2. The smallest absolute Gasteiger partial charge is 0.0212 e. The van der Waals surface area contributed by atoms with Crippen LogP contribution in [0.2, 0.25) is 0 Å². The molecule has 0 bridgehead atoms. The minimum atomic E-state index is 0.111. The fourth-order valence-electron chi connectivity index (χ4n) is 5.21. The lowest BCUT2D eigenvalue weighted by molar-refractivity contribution is 0.460. The summed E-state index contributed by atoms with van der Waals surface area (Å²) < 4.78 is 0. The van der Waals surface area contributed by atoms with Gasteiger partial charge < -0.3 is 0 Å². The lowest BCUT2D eigenvalue weighted by Gasteiger charge is -2.38. The molecular formula is C32H40. The van der Waals surface area contributed by atoms with Crippen LogP contribution in [-0.2, 0) is 0 Å². The van der Waals surface area contributed by atoms with Crippen LogP contribution in [0.4, 0.5) is 0 Å². The van der Waals surface area contributed by atoms with Crippen molar-refractivity contribution in [3.05, 3.63) is 108 Å². The molecule has 168 valence electrons. The number of hydrogen-bond acceptors (Lipinski definition) is 0. The second-order valence-corrected chi connectivity index (χ2v) is 12.7. The van der Waals surface area contributed by atoms with Gasteiger partial charge in [-0.05, 0) is 60.2 Å². The van der Waals surface area contributed by atoms with E-state index in [1.54, 1.807) is 5.92 Å². The first-order chi connectivity index (χ1) is 14.8. The molecule has 0 aromatic carbocycles. The van der Waals surface area contributed by atoms with Gasteiger partial charge in [0, 0.05) is 29.6 Å². The van der Waals surface area contributed by atoms with Gasteiger partial charge in [-0.3, -0.25) is 0 Å². The van der Waals surface area contributed by atoms with E-state index in [2.05, 4.69) is 118 Å². The molecule has 2 fully saturated rings. The maximum absolute atomic E-state index is 2.42.